The van der Waals surface area contributed by atoms with Crippen molar-refractivity contribution >= 4 is 23.2 Å². The average molecular weight is 425 g/mol. The van der Waals surface area contributed by atoms with E-state index in [0.717, 1.165) is 26.7 Å². The van der Waals surface area contributed by atoms with Gasteiger partial charge in [0.05, 0.1) is 22.5 Å². The summed E-state index contributed by atoms with van der Waals surface area (Å²) in [5, 5.41) is 3.67. The predicted octanol–water partition coefficient (Wildman–Crippen LogP) is 4.01. The van der Waals surface area contributed by atoms with Gasteiger partial charge in [0, 0.05) is 18.5 Å². The van der Waals surface area contributed by atoms with E-state index >= 15 is 0 Å². The van der Waals surface area contributed by atoms with Gasteiger partial charge in [0.2, 0.25) is 11.8 Å². The van der Waals surface area contributed by atoms with Gasteiger partial charge in [0.1, 0.15) is 11.6 Å². The van der Waals surface area contributed by atoms with Gasteiger partial charge < -0.3 is 10.2 Å². The Bertz CT molecular complexity index is 909. The maximum absolute atomic E-state index is 12.5. The van der Waals surface area contributed by atoms with Gasteiger partial charge >= 0.3 is 6.18 Å². The van der Waals surface area contributed by atoms with Crippen LogP contribution in [0.2, 0.25) is 0 Å². The highest BCUT2D eigenvalue weighted by atomic mass is 32.1. The van der Waals surface area contributed by atoms with Crippen LogP contribution in [0.3, 0.4) is 0 Å². The standard InChI is InChI=1S/C20H22F3N3O2S/c1-11-4-6-14(7-5-11)19-25-13(3)17(29-19)12(2)24-18(28)15-8-16(27)26(9-15)10-20(21,22)23/h4-7,12,15H,8-10H2,1-3H3,(H,24,28). The molecule has 2 aromatic rings. The Kier molecular flexibility index (Phi) is 5.97. The molecule has 1 aromatic heterocycles. The molecule has 1 saturated heterocycles. The molecule has 1 aromatic carbocycles. The summed E-state index contributed by atoms with van der Waals surface area (Å²) in [6.07, 6.45) is -4.68. The normalized spacial score (nSPS) is 18.2. The number of carbonyl (C=O) groups excluding carboxylic acids is 2. The Hall–Kier alpha value is -2.42. The molecule has 0 radical (unpaired) electrons. The lowest BCUT2D eigenvalue weighted by Crippen LogP contribution is -2.37. The van der Waals surface area contributed by atoms with Crippen LogP contribution in [0.15, 0.2) is 24.3 Å². The molecule has 0 bridgehead atoms. The molecule has 0 saturated carbocycles. The number of thiazole rings is 1. The molecule has 1 fully saturated rings. The third-order valence-electron chi connectivity index (χ3n) is 4.84. The lowest BCUT2D eigenvalue weighted by molar-refractivity contribution is -0.157. The number of hydrogen-bond acceptors (Lipinski definition) is 4. The molecule has 3 rings (SSSR count). The van der Waals surface area contributed by atoms with Crippen LogP contribution in [0.25, 0.3) is 10.6 Å². The zero-order chi connectivity index (χ0) is 21.3. The van der Waals surface area contributed by atoms with Gasteiger partial charge in [-0.25, -0.2) is 4.98 Å². The zero-order valence-electron chi connectivity index (χ0n) is 16.3. The maximum atomic E-state index is 12.5. The molecule has 1 N–H and O–H groups in total. The number of rotatable bonds is 5. The van der Waals surface area contributed by atoms with E-state index in [-0.39, 0.29) is 19.0 Å². The molecule has 0 spiro atoms. The van der Waals surface area contributed by atoms with Crippen molar-refractivity contribution in [3.63, 3.8) is 0 Å². The Labute approximate surface area is 170 Å². The Morgan fingerprint density at radius 3 is 2.59 bits per heavy atom. The molecule has 2 amide bonds. The third-order valence-corrected chi connectivity index (χ3v) is 6.23. The van der Waals surface area contributed by atoms with Crippen molar-refractivity contribution in [1.82, 2.24) is 15.2 Å². The first-order chi connectivity index (χ1) is 13.5. The minimum atomic E-state index is -4.47. The van der Waals surface area contributed by atoms with Crippen LogP contribution < -0.4 is 5.32 Å². The topological polar surface area (TPSA) is 62.3 Å². The molecule has 2 unspecified atom stereocenters. The number of nitrogens with zero attached hydrogens (tertiary/aromatic N) is 2. The van der Waals surface area contributed by atoms with E-state index in [1.54, 1.807) is 0 Å². The Balaban J connectivity index is 1.66. The number of aryl methyl sites for hydroxylation is 2. The fourth-order valence-corrected chi connectivity index (χ4v) is 4.42. The highest BCUT2D eigenvalue weighted by Gasteiger charge is 2.40. The highest BCUT2D eigenvalue weighted by molar-refractivity contribution is 7.15. The lowest BCUT2D eigenvalue weighted by Gasteiger charge is -2.19. The van der Waals surface area contributed by atoms with Gasteiger partial charge in [-0.3, -0.25) is 9.59 Å². The summed E-state index contributed by atoms with van der Waals surface area (Å²) in [6.45, 7) is 4.13. The van der Waals surface area contributed by atoms with Crippen molar-refractivity contribution < 1.29 is 22.8 Å². The van der Waals surface area contributed by atoms with Gasteiger partial charge in [-0.2, -0.15) is 13.2 Å². The summed E-state index contributed by atoms with van der Waals surface area (Å²) in [5.74, 6) is -1.84. The summed E-state index contributed by atoms with van der Waals surface area (Å²) < 4.78 is 37.6. The van der Waals surface area contributed by atoms with Crippen LogP contribution in [0.1, 0.15) is 35.5 Å². The molecule has 1 aliphatic rings. The highest BCUT2D eigenvalue weighted by Crippen LogP contribution is 2.32. The number of halogens is 3. The van der Waals surface area contributed by atoms with Gasteiger partial charge in [-0.15, -0.1) is 11.3 Å². The van der Waals surface area contributed by atoms with Gasteiger partial charge in [0.25, 0.3) is 0 Å². The second kappa shape index (κ2) is 8.14. The van der Waals surface area contributed by atoms with Gasteiger partial charge in [-0.1, -0.05) is 29.8 Å². The Morgan fingerprint density at radius 1 is 1.31 bits per heavy atom. The molecule has 2 atom stereocenters. The molecule has 0 aliphatic carbocycles. The molecule has 156 valence electrons. The number of likely N-dealkylation sites (tertiary alicyclic amines) is 1. The summed E-state index contributed by atoms with van der Waals surface area (Å²) in [7, 11) is 0. The fourth-order valence-electron chi connectivity index (χ4n) is 3.34. The summed E-state index contributed by atoms with van der Waals surface area (Å²) in [5.41, 5.74) is 2.92. The van der Waals surface area contributed by atoms with Crippen LogP contribution in [-0.2, 0) is 9.59 Å². The second-order valence-electron chi connectivity index (χ2n) is 7.36. The van der Waals surface area contributed by atoms with Crippen molar-refractivity contribution in [2.45, 2.75) is 39.4 Å². The lowest BCUT2D eigenvalue weighted by atomic mass is 10.1. The number of benzene rings is 1. The maximum Gasteiger partial charge on any atom is 0.406 e. The van der Waals surface area contributed by atoms with E-state index in [1.807, 2.05) is 45.0 Å². The first-order valence-corrected chi connectivity index (χ1v) is 10.0. The molecular formula is C20H22F3N3O2S. The number of hydrogen-bond donors (Lipinski definition) is 1. The number of nitrogens with one attached hydrogen (secondary N) is 1. The quantitative estimate of drug-likeness (QED) is 0.787. The first-order valence-electron chi connectivity index (χ1n) is 9.23. The zero-order valence-corrected chi connectivity index (χ0v) is 17.2. The predicted molar refractivity (Wildman–Crippen MR) is 104 cm³/mol. The van der Waals surface area contributed by atoms with E-state index in [9.17, 15) is 22.8 Å². The van der Waals surface area contributed by atoms with E-state index in [2.05, 4.69) is 10.3 Å². The molecule has 5 nitrogen and oxygen atoms in total. The van der Waals surface area contributed by atoms with Crippen molar-refractivity contribution in [3.05, 3.63) is 40.4 Å². The number of alkyl halides is 3. The second-order valence-corrected chi connectivity index (χ2v) is 8.39. The minimum Gasteiger partial charge on any atom is -0.348 e. The van der Waals surface area contributed by atoms with Crippen LogP contribution >= 0.6 is 11.3 Å². The Morgan fingerprint density at radius 2 is 1.97 bits per heavy atom. The molecule has 2 heterocycles. The molecule has 1 aliphatic heterocycles. The van der Waals surface area contributed by atoms with Crippen LogP contribution in [0.5, 0.6) is 0 Å². The summed E-state index contributed by atoms with van der Waals surface area (Å²) in [4.78, 5) is 30.5. The minimum absolute atomic E-state index is 0.203. The van der Waals surface area contributed by atoms with Crippen LogP contribution in [0.4, 0.5) is 13.2 Å². The number of carbonyl (C=O) groups is 2. The largest absolute Gasteiger partial charge is 0.406 e. The number of aromatic nitrogens is 1. The van der Waals surface area contributed by atoms with Crippen molar-refractivity contribution in [1.29, 1.82) is 0 Å². The van der Waals surface area contributed by atoms with E-state index in [4.69, 9.17) is 0 Å². The average Bonchev–Trinajstić information content (AvgIpc) is 3.17. The van der Waals surface area contributed by atoms with Gasteiger partial charge in [0.15, 0.2) is 0 Å². The van der Waals surface area contributed by atoms with E-state index < -0.39 is 30.5 Å². The van der Waals surface area contributed by atoms with E-state index in [0.29, 0.717) is 4.90 Å². The molecule has 29 heavy (non-hydrogen) atoms. The monoisotopic (exact) mass is 425 g/mol. The summed E-state index contributed by atoms with van der Waals surface area (Å²) in [6, 6.07) is 7.62. The van der Waals surface area contributed by atoms with Crippen LogP contribution in [-0.4, -0.2) is 41.0 Å². The smallest absolute Gasteiger partial charge is 0.348 e. The fraction of sp³-hybridized carbons (Fsp3) is 0.450. The molecule has 9 heteroatoms. The van der Waals surface area contributed by atoms with Crippen LogP contribution in [0, 0.1) is 19.8 Å². The van der Waals surface area contributed by atoms with Crippen molar-refractivity contribution in [3.8, 4) is 10.6 Å². The van der Waals surface area contributed by atoms with E-state index in [1.165, 1.54) is 11.3 Å². The van der Waals surface area contributed by atoms with Crippen molar-refractivity contribution in [2.24, 2.45) is 5.92 Å². The van der Waals surface area contributed by atoms with Crippen molar-refractivity contribution in [2.75, 3.05) is 13.1 Å². The third kappa shape index (κ3) is 5.14. The number of amides is 2. The first kappa shape index (κ1) is 21.3. The molecular weight excluding hydrogens is 403 g/mol. The summed E-state index contributed by atoms with van der Waals surface area (Å²) >= 11 is 1.47. The van der Waals surface area contributed by atoms with Gasteiger partial charge in [-0.05, 0) is 20.8 Å². The SMILES string of the molecule is Cc1ccc(-c2nc(C)c(C(C)NC(=O)C3CC(=O)N(CC(F)(F)F)C3)s2)cc1.